The van der Waals surface area contributed by atoms with Crippen molar-refractivity contribution in [3.63, 3.8) is 0 Å². The summed E-state index contributed by atoms with van der Waals surface area (Å²) in [4.78, 5) is 8.76. The summed E-state index contributed by atoms with van der Waals surface area (Å²) in [5.41, 5.74) is 4.19. The fraction of sp³-hybridized carbons (Fsp3) is 0.0968. The fourth-order valence-electron chi connectivity index (χ4n) is 4.52. The van der Waals surface area contributed by atoms with Crippen molar-refractivity contribution in [3.8, 4) is 16.9 Å². The van der Waals surface area contributed by atoms with Gasteiger partial charge in [-0.3, -0.25) is 0 Å². The van der Waals surface area contributed by atoms with Gasteiger partial charge in [0, 0.05) is 17.0 Å². The lowest BCUT2D eigenvalue weighted by atomic mass is 10.0. The molecule has 194 valence electrons. The summed E-state index contributed by atoms with van der Waals surface area (Å²) >= 11 is 5.82. The Kier molecular flexibility index (Phi) is 6.82. The Morgan fingerprint density at radius 2 is 1.67 bits per heavy atom. The van der Waals surface area contributed by atoms with Crippen molar-refractivity contribution in [1.29, 1.82) is 0 Å². The Bertz CT molecular complexity index is 1770. The van der Waals surface area contributed by atoms with Crippen molar-refractivity contribution >= 4 is 22.6 Å². The van der Waals surface area contributed by atoms with Crippen LogP contribution in [0.1, 0.15) is 22.7 Å². The SMILES string of the molecule is Fc1cc(Cl)ccc1COc1cccc(-c2ccc(Cc3nc4ccccc4n3Cc3cnco3)c(F)c2)c1. The van der Waals surface area contributed by atoms with Crippen molar-refractivity contribution in [2.45, 2.75) is 19.6 Å². The van der Waals surface area contributed by atoms with Crippen LogP contribution in [0.4, 0.5) is 8.78 Å². The number of halogens is 3. The first-order chi connectivity index (χ1) is 19.0. The molecule has 0 N–H and O–H groups in total. The first-order valence-electron chi connectivity index (χ1n) is 12.3. The number of fused-ring (bicyclic) bond motifs is 1. The number of hydrogen-bond donors (Lipinski definition) is 0. The Labute approximate surface area is 228 Å². The number of benzene rings is 4. The number of ether oxygens (including phenoxy) is 1. The molecule has 0 unspecified atom stereocenters. The lowest BCUT2D eigenvalue weighted by Gasteiger charge is -2.11. The van der Waals surface area contributed by atoms with Crippen LogP contribution in [0.15, 0.2) is 102 Å². The number of para-hydroxylation sites is 2. The van der Waals surface area contributed by atoms with Gasteiger partial charge in [0.1, 0.15) is 35.6 Å². The summed E-state index contributed by atoms with van der Waals surface area (Å²) in [5, 5.41) is 0.329. The van der Waals surface area contributed by atoms with Gasteiger partial charge < -0.3 is 13.7 Å². The van der Waals surface area contributed by atoms with E-state index in [4.69, 9.17) is 25.7 Å². The standard InChI is InChI=1S/C31H22ClF2N3O2/c32-24-11-10-23(28(34)15-24)18-38-25-5-3-4-20(12-25)21-8-9-22(27(33)13-21)14-31-36-29-6-1-2-7-30(29)37(31)17-26-16-35-19-39-26/h1-13,15-16,19H,14,17-18H2. The molecule has 0 atom stereocenters. The van der Waals surface area contributed by atoms with Gasteiger partial charge in [0.25, 0.3) is 0 Å². The van der Waals surface area contributed by atoms with E-state index in [1.54, 1.807) is 36.5 Å². The summed E-state index contributed by atoms with van der Waals surface area (Å²) in [6.45, 7) is 0.497. The van der Waals surface area contributed by atoms with Crippen LogP contribution in [0.2, 0.25) is 5.02 Å². The van der Waals surface area contributed by atoms with Crippen LogP contribution in [-0.2, 0) is 19.6 Å². The zero-order valence-electron chi connectivity index (χ0n) is 20.7. The van der Waals surface area contributed by atoms with E-state index in [0.717, 1.165) is 22.4 Å². The van der Waals surface area contributed by atoms with Gasteiger partial charge in [0.2, 0.25) is 0 Å². The van der Waals surface area contributed by atoms with E-state index in [1.165, 1.54) is 18.5 Å². The predicted molar refractivity (Wildman–Crippen MR) is 146 cm³/mol. The molecular weight excluding hydrogens is 520 g/mol. The third-order valence-electron chi connectivity index (χ3n) is 6.51. The van der Waals surface area contributed by atoms with Crippen molar-refractivity contribution in [2.75, 3.05) is 0 Å². The fourth-order valence-corrected chi connectivity index (χ4v) is 4.68. The maximum absolute atomic E-state index is 15.4. The maximum Gasteiger partial charge on any atom is 0.180 e. The normalized spacial score (nSPS) is 11.3. The van der Waals surface area contributed by atoms with E-state index in [0.29, 0.717) is 46.2 Å². The van der Waals surface area contributed by atoms with Crippen LogP contribution >= 0.6 is 11.6 Å². The van der Waals surface area contributed by atoms with Crippen LogP contribution < -0.4 is 4.74 Å². The summed E-state index contributed by atoms with van der Waals surface area (Å²) in [5.74, 6) is 1.21. The second kappa shape index (κ2) is 10.7. The first-order valence-corrected chi connectivity index (χ1v) is 12.7. The van der Waals surface area contributed by atoms with E-state index in [1.807, 2.05) is 47.0 Å². The van der Waals surface area contributed by atoms with Crippen LogP contribution in [0, 0.1) is 11.6 Å². The van der Waals surface area contributed by atoms with Crippen molar-refractivity contribution in [2.24, 2.45) is 0 Å². The van der Waals surface area contributed by atoms with E-state index in [2.05, 4.69) is 4.98 Å². The lowest BCUT2D eigenvalue weighted by molar-refractivity contribution is 0.300. The largest absolute Gasteiger partial charge is 0.489 e. The average Bonchev–Trinajstić information content (AvgIpc) is 3.58. The van der Waals surface area contributed by atoms with E-state index in [9.17, 15) is 4.39 Å². The van der Waals surface area contributed by atoms with E-state index >= 15 is 4.39 Å². The number of aromatic nitrogens is 3. The van der Waals surface area contributed by atoms with Gasteiger partial charge in [-0.25, -0.2) is 18.7 Å². The number of nitrogens with zero attached hydrogens (tertiary/aromatic N) is 3. The minimum absolute atomic E-state index is 0.0504. The number of oxazole rings is 1. The van der Waals surface area contributed by atoms with Crippen molar-refractivity contribution in [3.05, 3.63) is 137 Å². The Morgan fingerprint density at radius 3 is 2.49 bits per heavy atom. The van der Waals surface area contributed by atoms with Crippen molar-refractivity contribution in [1.82, 2.24) is 14.5 Å². The highest BCUT2D eigenvalue weighted by molar-refractivity contribution is 6.30. The molecule has 6 rings (SSSR count). The van der Waals surface area contributed by atoms with Crippen molar-refractivity contribution < 1.29 is 17.9 Å². The van der Waals surface area contributed by atoms with Gasteiger partial charge in [0.15, 0.2) is 6.39 Å². The molecule has 6 aromatic rings. The molecule has 0 aliphatic carbocycles. The molecule has 0 amide bonds. The second-order valence-electron chi connectivity index (χ2n) is 9.11. The van der Waals surface area contributed by atoms with Crippen LogP contribution in [-0.4, -0.2) is 14.5 Å². The highest BCUT2D eigenvalue weighted by atomic mass is 35.5. The zero-order chi connectivity index (χ0) is 26.8. The molecule has 0 aliphatic heterocycles. The van der Waals surface area contributed by atoms with Gasteiger partial charge in [-0.05, 0) is 59.2 Å². The molecule has 39 heavy (non-hydrogen) atoms. The number of imidazole rings is 1. The van der Waals surface area contributed by atoms with E-state index in [-0.39, 0.29) is 12.4 Å². The van der Waals surface area contributed by atoms with Gasteiger partial charge in [-0.15, -0.1) is 0 Å². The average molecular weight is 542 g/mol. The van der Waals surface area contributed by atoms with Crippen LogP contribution in [0.3, 0.4) is 0 Å². The molecular formula is C31H22ClF2N3O2. The lowest BCUT2D eigenvalue weighted by Crippen LogP contribution is -2.06. The van der Waals surface area contributed by atoms with Gasteiger partial charge in [-0.2, -0.15) is 0 Å². The Balaban J connectivity index is 1.23. The second-order valence-corrected chi connectivity index (χ2v) is 9.54. The summed E-state index contributed by atoms with van der Waals surface area (Å²) in [6.07, 6.45) is 3.37. The first kappa shape index (κ1) is 24.8. The molecule has 0 fully saturated rings. The number of rotatable bonds is 8. The molecule has 2 heterocycles. The molecule has 0 aliphatic rings. The third-order valence-corrected chi connectivity index (χ3v) is 6.74. The molecule has 0 saturated carbocycles. The minimum atomic E-state index is -0.425. The summed E-state index contributed by atoms with van der Waals surface area (Å²) in [6, 6.07) is 24.7. The molecule has 2 aromatic heterocycles. The highest BCUT2D eigenvalue weighted by Crippen LogP contribution is 2.28. The van der Waals surface area contributed by atoms with Gasteiger partial charge in [0.05, 0.1) is 23.8 Å². The zero-order valence-corrected chi connectivity index (χ0v) is 21.4. The molecule has 0 spiro atoms. The molecule has 4 aromatic carbocycles. The monoisotopic (exact) mass is 541 g/mol. The molecule has 0 bridgehead atoms. The van der Waals surface area contributed by atoms with Crippen LogP contribution in [0.5, 0.6) is 5.75 Å². The number of hydrogen-bond acceptors (Lipinski definition) is 4. The Morgan fingerprint density at radius 1 is 0.846 bits per heavy atom. The third kappa shape index (κ3) is 5.40. The molecule has 0 saturated heterocycles. The summed E-state index contributed by atoms with van der Waals surface area (Å²) in [7, 11) is 0. The predicted octanol–water partition coefficient (Wildman–Crippen LogP) is 7.84. The molecule has 0 radical (unpaired) electrons. The quantitative estimate of drug-likeness (QED) is 0.197. The van der Waals surface area contributed by atoms with E-state index < -0.39 is 5.82 Å². The maximum atomic E-state index is 15.4. The topological polar surface area (TPSA) is 53.1 Å². The Hall–Kier alpha value is -4.49. The molecule has 5 nitrogen and oxygen atoms in total. The highest BCUT2D eigenvalue weighted by Gasteiger charge is 2.15. The summed E-state index contributed by atoms with van der Waals surface area (Å²) < 4.78 is 42.7. The molecule has 8 heteroatoms. The van der Waals surface area contributed by atoms with Crippen LogP contribution in [0.25, 0.3) is 22.2 Å². The minimum Gasteiger partial charge on any atom is -0.489 e. The van der Waals surface area contributed by atoms with Gasteiger partial charge in [-0.1, -0.05) is 54.1 Å². The van der Waals surface area contributed by atoms with Gasteiger partial charge >= 0.3 is 0 Å². The smallest absolute Gasteiger partial charge is 0.180 e.